The Hall–Kier alpha value is -0.940. The average molecular weight is 277 g/mol. The lowest BCUT2D eigenvalue weighted by Gasteiger charge is -2.36. The molecular weight excluding hydrogens is 250 g/mol. The number of likely N-dealkylation sites (N-methyl/N-ethyl adjacent to an activating group) is 1. The van der Waals surface area contributed by atoms with Crippen LogP contribution in [0.25, 0.3) is 0 Å². The Balaban J connectivity index is 2.23. The third kappa shape index (κ3) is 3.58. The minimum atomic E-state index is -0.245. The Morgan fingerprint density at radius 3 is 2.55 bits per heavy atom. The van der Waals surface area contributed by atoms with Crippen molar-refractivity contribution in [3.63, 3.8) is 0 Å². The van der Waals surface area contributed by atoms with E-state index in [9.17, 15) is 5.11 Å². The first-order chi connectivity index (χ1) is 9.49. The fourth-order valence-electron chi connectivity index (χ4n) is 3.31. The van der Waals surface area contributed by atoms with Gasteiger partial charge in [0.2, 0.25) is 0 Å². The molecule has 2 rings (SSSR count). The molecule has 0 amide bonds. The third-order valence-electron chi connectivity index (χ3n) is 4.01. The summed E-state index contributed by atoms with van der Waals surface area (Å²) in [4.78, 5) is 4.56. The Morgan fingerprint density at radius 1 is 1.35 bits per heavy atom. The molecule has 0 spiro atoms. The van der Waals surface area contributed by atoms with Crippen LogP contribution in [0.4, 0.5) is 0 Å². The van der Waals surface area contributed by atoms with Gasteiger partial charge in [0.15, 0.2) is 0 Å². The van der Waals surface area contributed by atoms with Gasteiger partial charge in [0.25, 0.3) is 0 Å². The molecule has 3 N–H and O–H groups in total. The molecule has 112 valence electrons. The monoisotopic (exact) mass is 277 g/mol. The molecule has 4 unspecified atom stereocenters. The summed E-state index contributed by atoms with van der Waals surface area (Å²) in [6.07, 6.45) is 0.582. The summed E-state index contributed by atoms with van der Waals surface area (Å²) >= 11 is 0. The smallest absolute Gasteiger partial charge is 0.0682 e. The molecule has 20 heavy (non-hydrogen) atoms. The number of nitrogens with zero attached hydrogens (tertiary/aromatic N) is 2. The number of hydrogen-bond acceptors (Lipinski definition) is 4. The highest BCUT2D eigenvalue weighted by Gasteiger charge is 2.37. The lowest BCUT2D eigenvalue weighted by molar-refractivity contribution is 0.123. The quantitative estimate of drug-likeness (QED) is 0.845. The molecule has 1 heterocycles. The van der Waals surface area contributed by atoms with E-state index in [4.69, 9.17) is 5.73 Å². The van der Waals surface area contributed by atoms with Gasteiger partial charge in [0.05, 0.1) is 12.1 Å². The van der Waals surface area contributed by atoms with Gasteiger partial charge in [-0.1, -0.05) is 30.3 Å². The highest BCUT2D eigenvalue weighted by atomic mass is 16.3. The van der Waals surface area contributed by atoms with Gasteiger partial charge in [-0.2, -0.15) is 0 Å². The molecule has 0 bridgehead atoms. The Bertz CT molecular complexity index is 407. The minimum Gasteiger partial charge on any atom is -0.392 e. The van der Waals surface area contributed by atoms with Crippen LogP contribution in [0, 0.1) is 0 Å². The Labute approximate surface area is 122 Å². The molecule has 1 saturated heterocycles. The van der Waals surface area contributed by atoms with E-state index in [-0.39, 0.29) is 18.2 Å². The SMILES string of the molecule is CC(N)C(c1ccccc1)N1CC(O)CC1CN(C)C. The number of hydrogen-bond donors (Lipinski definition) is 2. The molecule has 1 fully saturated rings. The second-order valence-corrected chi connectivity index (χ2v) is 6.22. The van der Waals surface area contributed by atoms with Gasteiger partial charge in [-0.15, -0.1) is 0 Å². The number of aliphatic hydroxyl groups is 1. The van der Waals surface area contributed by atoms with Crippen LogP contribution < -0.4 is 5.73 Å². The van der Waals surface area contributed by atoms with Crippen LogP contribution >= 0.6 is 0 Å². The normalized spacial score (nSPS) is 26.9. The van der Waals surface area contributed by atoms with Crippen LogP contribution in [0.1, 0.15) is 24.9 Å². The van der Waals surface area contributed by atoms with E-state index in [2.05, 4.69) is 55.1 Å². The van der Waals surface area contributed by atoms with E-state index >= 15 is 0 Å². The van der Waals surface area contributed by atoms with Gasteiger partial charge < -0.3 is 15.7 Å². The lowest BCUT2D eigenvalue weighted by Crippen LogP contribution is -2.45. The molecule has 4 atom stereocenters. The molecule has 4 heteroatoms. The van der Waals surface area contributed by atoms with Gasteiger partial charge in [-0.05, 0) is 33.0 Å². The topological polar surface area (TPSA) is 52.7 Å². The summed E-state index contributed by atoms with van der Waals surface area (Å²) < 4.78 is 0. The van der Waals surface area contributed by atoms with Crippen LogP contribution in [-0.4, -0.2) is 60.3 Å². The second kappa shape index (κ2) is 6.68. The molecule has 1 aliphatic rings. The molecule has 0 saturated carbocycles. The van der Waals surface area contributed by atoms with Crippen molar-refractivity contribution >= 4 is 0 Å². The first-order valence-corrected chi connectivity index (χ1v) is 7.38. The van der Waals surface area contributed by atoms with E-state index in [1.165, 1.54) is 5.56 Å². The van der Waals surface area contributed by atoms with Crippen molar-refractivity contribution in [2.75, 3.05) is 27.2 Å². The van der Waals surface area contributed by atoms with Crippen LogP contribution in [0.3, 0.4) is 0 Å². The number of rotatable bonds is 5. The van der Waals surface area contributed by atoms with Gasteiger partial charge in [0, 0.05) is 25.2 Å². The standard InChI is InChI=1S/C16H27N3O/c1-12(17)16(13-7-5-4-6-8-13)19-11-15(20)9-14(19)10-18(2)3/h4-8,12,14-16,20H,9-11,17H2,1-3H3. The molecule has 0 radical (unpaired) electrons. The predicted molar refractivity (Wildman–Crippen MR) is 82.5 cm³/mol. The molecule has 0 aliphatic carbocycles. The van der Waals surface area contributed by atoms with Gasteiger partial charge in [-0.25, -0.2) is 0 Å². The fourth-order valence-corrected chi connectivity index (χ4v) is 3.31. The number of β-amino-alcohol motifs (C(OH)–C–C–N with tert-alkyl or cyclic N) is 1. The van der Waals surface area contributed by atoms with Crippen molar-refractivity contribution in [2.45, 2.75) is 37.6 Å². The van der Waals surface area contributed by atoms with Crippen LogP contribution in [0.2, 0.25) is 0 Å². The van der Waals surface area contributed by atoms with Gasteiger partial charge in [-0.3, -0.25) is 4.90 Å². The molecule has 1 aromatic rings. The van der Waals surface area contributed by atoms with E-state index in [1.54, 1.807) is 0 Å². The van der Waals surface area contributed by atoms with Crippen molar-refractivity contribution in [1.82, 2.24) is 9.80 Å². The van der Waals surface area contributed by atoms with Crippen molar-refractivity contribution in [3.8, 4) is 0 Å². The zero-order chi connectivity index (χ0) is 14.7. The van der Waals surface area contributed by atoms with Crippen molar-refractivity contribution in [3.05, 3.63) is 35.9 Å². The maximum Gasteiger partial charge on any atom is 0.0682 e. The number of nitrogens with two attached hydrogens (primary N) is 1. The maximum absolute atomic E-state index is 10.1. The minimum absolute atomic E-state index is 0.0346. The summed E-state index contributed by atoms with van der Waals surface area (Å²) in [6, 6.07) is 11.0. The van der Waals surface area contributed by atoms with E-state index in [0.717, 1.165) is 13.0 Å². The molecular formula is C16H27N3O. The highest BCUT2D eigenvalue weighted by Crippen LogP contribution is 2.31. The van der Waals surface area contributed by atoms with Gasteiger partial charge >= 0.3 is 0 Å². The van der Waals surface area contributed by atoms with Gasteiger partial charge in [0.1, 0.15) is 0 Å². The van der Waals surface area contributed by atoms with Crippen LogP contribution in [0.5, 0.6) is 0 Å². The zero-order valence-corrected chi connectivity index (χ0v) is 12.7. The number of likely N-dealkylation sites (tertiary alicyclic amines) is 1. The first kappa shape index (κ1) is 15.4. The highest BCUT2D eigenvalue weighted by molar-refractivity contribution is 5.21. The van der Waals surface area contributed by atoms with E-state index in [0.29, 0.717) is 12.6 Å². The fraction of sp³-hybridized carbons (Fsp3) is 0.625. The maximum atomic E-state index is 10.1. The largest absolute Gasteiger partial charge is 0.392 e. The summed E-state index contributed by atoms with van der Waals surface area (Å²) in [6.45, 7) is 3.71. The molecule has 1 aliphatic heterocycles. The molecule has 4 nitrogen and oxygen atoms in total. The summed E-state index contributed by atoms with van der Waals surface area (Å²) in [5.41, 5.74) is 7.49. The van der Waals surface area contributed by atoms with Crippen molar-refractivity contribution in [2.24, 2.45) is 5.73 Å². The summed E-state index contributed by atoms with van der Waals surface area (Å²) in [7, 11) is 4.15. The van der Waals surface area contributed by atoms with Crippen LogP contribution in [-0.2, 0) is 0 Å². The van der Waals surface area contributed by atoms with Crippen molar-refractivity contribution < 1.29 is 5.11 Å². The summed E-state index contributed by atoms with van der Waals surface area (Å²) in [5, 5.41) is 10.1. The number of aliphatic hydroxyl groups excluding tert-OH is 1. The molecule has 0 aromatic heterocycles. The Kier molecular flexibility index (Phi) is 5.16. The second-order valence-electron chi connectivity index (χ2n) is 6.22. The van der Waals surface area contributed by atoms with E-state index < -0.39 is 0 Å². The van der Waals surface area contributed by atoms with Crippen molar-refractivity contribution in [1.29, 1.82) is 0 Å². The first-order valence-electron chi connectivity index (χ1n) is 7.38. The third-order valence-corrected chi connectivity index (χ3v) is 4.01. The lowest BCUT2D eigenvalue weighted by atomic mass is 9.98. The Morgan fingerprint density at radius 2 is 2.00 bits per heavy atom. The zero-order valence-electron chi connectivity index (χ0n) is 12.7. The molecule has 1 aromatic carbocycles. The summed E-state index contributed by atoms with van der Waals surface area (Å²) in [5.74, 6) is 0. The average Bonchev–Trinajstić information content (AvgIpc) is 2.70. The number of benzene rings is 1. The van der Waals surface area contributed by atoms with Crippen LogP contribution in [0.15, 0.2) is 30.3 Å². The predicted octanol–water partition coefficient (Wildman–Crippen LogP) is 1.07. The van der Waals surface area contributed by atoms with E-state index in [1.807, 2.05) is 6.07 Å².